The molecular weight excluding hydrogens is 346 g/mol. The number of anilines is 1. The van der Waals surface area contributed by atoms with Gasteiger partial charge >= 0.3 is 0 Å². The van der Waals surface area contributed by atoms with Gasteiger partial charge in [0.05, 0.1) is 11.5 Å². The van der Waals surface area contributed by atoms with E-state index in [1.54, 1.807) is 24.3 Å². The van der Waals surface area contributed by atoms with E-state index in [1.165, 1.54) is 0 Å². The first-order chi connectivity index (χ1) is 13.2. The fraction of sp³-hybridized carbons (Fsp3) is 0.263. The van der Waals surface area contributed by atoms with E-state index in [0.717, 1.165) is 37.4 Å². The number of piperazine rings is 1. The molecule has 138 valence electrons. The van der Waals surface area contributed by atoms with E-state index in [0.29, 0.717) is 18.3 Å². The van der Waals surface area contributed by atoms with Gasteiger partial charge in [-0.3, -0.25) is 15.0 Å². The van der Waals surface area contributed by atoms with Crippen LogP contribution >= 0.6 is 0 Å². The Morgan fingerprint density at radius 1 is 0.963 bits per heavy atom. The summed E-state index contributed by atoms with van der Waals surface area (Å²) < 4.78 is 5.78. The molecule has 4 rings (SSSR count). The van der Waals surface area contributed by atoms with E-state index >= 15 is 0 Å². The van der Waals surface area contributed by atoms with Crippen molar-refractivity contribution in [2.24, 2.45) is 0 Å². The van der Waals surface area contributed by atoms with Gasteiger partial charge in [-0.2, -0.15) is 0 Å². The van der Waals surface area contributed by atoms with Crippen molar-refractivity contribution in [1.82, 2.24) is 15.1 Å². The lowest BCUT2D eigenvalue weighted by Crippen LogP contribution is -2.46. The molecule has 3 aromatic rings. The zero-order valence-corrected chi connectivity index (χ0v) is 14.7. The van der Waals surface area contributed by atoms with E-state index in [2.05, 4.69) is 20.0 Å². The van der Waals surface area contributed by atoms with Crippen LogP contribution in [0.1, 0.15) is 5.89 Å². The molecule has 0 aliphatic carbocycles. The van der Waals surface area contributed by atoms with Crippen LogP contribution in [-0.2, 0) is 6.54 Å². The van der Waals surface area contributed by atoms with Crippen molar-refractivity contribution >= 4 is 11.4 Å². The molecule has 0 radical (unpaired) electrons. The van der Waals surface area contributed by atoms with E-state index in [9.17, 15) is 10.1 Å². The molecule has 1 aromatic heterocycles. The molecule has 2 aromatic carbocycles. The average molecular weight is 365 g/mol. The molecule has 0 bridgehead atoms. The van der Waals surface area contributed by atoms with E-state index in [1.807, 2.05) is 30.3 Å². The largest absolute Gasteiger partial charge is 0.419 e. The van der Waals surface area contributed by atoms with E-state index < -0.39 is 0 Å². The maximum atomic E-state index is 10.8. The molecule has 8 nitrogen and oxygen atoms in total. The monoisotopic (exact) mass is 365 g/mol. The summed E-state index contributed by atoms with van der Waals surface area (Å²) in [6.45, 7) is 4.03. The predicted molar refractivity (Wildman–Crippen MR) is 100 cm³/mol. The number of non-ortho nitro benzene ring substituents is 1. The second kappa shape index (κ2) is 7.55. The van der Waals surface area contributed by atoms with Crippen LogP contribution in [0, 0.1) is 10.1 Å². The summed E-state index contributed by atoms with van der Waals surface area (Å²) in [5, 5.41) is 19.0. The molecular formula is C19H19N5O3. The first kappa shape index (κ1) is 17.2. The van der Waals surface area contributed by atoms with Gasteiger partial charge in [0.15, 0.2) is 0 Å². The van der Waals surface area contributed by atoms with Crippen LogP contribution in [-0.4, -0.2) is 46.2 Å². The highest BCUT2D eigenvalue weighted by Crippen LogP contribution is 2.22. The molecule has 0 amide bonds. The minimum absolute atomic E-state index is 0.114. The highest BCUT2D eigenvalue weighted by Gasteiger charge is 2.20. The summed E-state index contributed by atoms with van der Waals surface area (Å²) in [6, 6.07) is 16.4. The molecule has 0 N–H and O–H groups in total. The lowest BCUT2D eigenvalue weighted by atomic mass is 10.2. The number of nitro benzene ring substituents is 1. The van der Waals surface area contributed by atoms with Crippen LogP contribution in [0.5, 0.6) is 0 Å². The Kier molecular flexibility index (Phi) is 4.80. The summed E-state index contributed by atoms with van der Waals surface area (Å²) in [5.41, 5.74) is 2.03. The molecule has 0 spiro atoms. The van der Waals surface area contributed by atoms with E-state index in [-0.39, 0.29) is 10.6 Å². The lowest BCUT2D eigenvalue weighted by Gasteiger charge is -2.35. The molecule has 1 saturated heterocycles. The van der Waals surface area contributed by atoms with Crippen molar-refractivity contribution in [2.75, 3.05) is 31.1 Å². The number of nitrogens with zero attached hydrogens (tertiary/aromatic N) is 5. The molecule has 1 aliphatic heterocycles. The molecule has 0 unspecified atom stereocenters. The van der Waals surface area contributed by atoms with Gasteiger partial charge in [-0.1, -0.05) is 18.2 Å². The maximum absolute atomic E-state index is 10.8. The van der Waals surface area contributed by atoms with Gasteiger partial charge in [-0.05, 0) is 24.3 Å². The smallest absolute Gasteiger partial charge is 0.269 e. The Labute approximate surface area is 156 Å². The average Bonchev–Trinajstić information content (AvgIpc) is 3.18. The topological polar surface area (TPSA) is 88.5 Å². The molecule has 2 heterocycles. The minimum atomic E-state index is -0.379. The Balaban J connectivity index is 1.33. The Hall–Kier alpha value is -3.26. The van der Waals surface area contributed by atoms with Crippen molar-refractivity contribution in [3.63, 3.8) is 0 Å². The number of hydrogen-bond acceptors (Lipinski definition) is 7. The van der Waals surface area contributed by atoms with Crippen molar-refractivity contribution in [1.29, 1.82) is 0 Å². The maximum Gasteiger partial charge on any atom is 0.269 e. The van der Waals surface area contributed by atoms with Crippen LogP contribution in [0.3, 0.4) is 0 Å². The highest BCUT2D eigenvalue weighted by molar-refractivity contribution is 5.52. The third-order valence-electron chi connectivity index (χ3n) is 4.64. The summed E-state index contributed by atoms with van der Waals surface area (Å²) in [5.74, 6) is 1.15. The standard InChI is InChI=1S/C19H19N5O3/c25-24(26)17-8-6-16(7-9-17)23-12-10-22(11-13-23)14-18-20-21-19(27-18)15-4-2-1-3-5-15/h1-9H,10-14H2. The Morgan fingerprint density at radius 3 is 2.33 bits per heavy atom. The van der Waals surface area contributed by atoms with Gasteiger partial charge in [0, 0.05) is 49.6 Å². The third-order valence-corrected chi connectivity index (χ3v) is 4.64. The number of rotatable bonds is 5. The molecule has 0 atom stereocenters. The van der Waals surface area contributed by atoms with Crippen molar-refractivity contribution in [3.8, 4) is 11.5 Å². The fourth-order valence-electron chi connectivity index (χ4n) is 3.16. The second-order valence-corrected chi connectivity index (χ2v) is 6.40. The Morgan fingerprint density at radius 2 is 1.67 bits per heavy atom. The minimum Gasteiger partial charge on any atom is -0.419 e. The lowest BCUT2D eigenvalue weighted by molar-refractivity contribution is -0.384. The van der Waals surface area contributed by atoms with Gasteiger partial charge < -0.3 is 9.32 Å². The summed E-state index contributed by atoms with van der Waals surface area (Å²) in [7, 11) is 0. The summed E-state index contributed by atoms with van der Waals surface area (Å²) in [4.78, 5) is 14.9. The first-order valence-electron chi connectivity index (χ1n) is 8.78. The zero-order valence-electron chi connectivity index (χ0n) is 14.7. The highest BCUT2D eigenvalue weighted by atomic mass is 16.6. The van der Waals surface area contributed by atoms with Gasteiger partial charge in [0.1, 0.15) is 0 Å². The predicted octanol–water partition coefficient (Wildman–Crippen LogP) is 2.97. The normalized spacial score (nSPS) is 15.0. The third kappa shape index (κ3) is 3.95. The zero-order chi connectivity index (χ0) is 18.6. The number of benzene rings is 2. The first-order valence-corrected chi connectivity index (χ1v) is 8.78. The Bertz CT molecular complexity index is 903. The summed E-state index contributed by atoms with van der Waals surface area (Å²) >= 11 is 0. The summed E-state index contributed by atoms with van der Waals surface area (Å²) in [6.07, 6.45) is 0. The van der Waals surface area contributed by atoms with Gasteiger partial charge in [0.25, 0.3) is 5.69 Å². The van der Waals surface area contributed by atoms with Crippen molar-refractivity contribution in [3.05, 3.63) is 70.6 Å². The van der Waals surface area contributed by atoms with Crippen LogP contribution in [0.2, 0.25) is 0 Å². The van der Waals surface area contributed by atoms with Gasteiger partial charge in [-0.15, -0.1) is 10.2 Å². The molecule has 0 saturated carbocycles. The number of nitro groups is 1. The quantitative estimate of drug-likeness (QED) is 0.507. The van der Waals surface area contributed by atoms with Crippen LogP contribution in [0.4, 0.5) is 11.4 Å². The van der Waals surface area contributed by atoms with Crippen LogP contribution in [0.25, 0.3) is 11.5 Å². The van der Waals surface area contributed by atoms with Crippen molar-refractivity contribution < 1.29 is 9.34 Å². The van der Waals surface area contributed by atoms with Crippen LogP contribution in [0.15, 0.2) is 59.0 Å². The van der Waals surface area contributed by atoms with E-state index in [4.69, 9.17) is 4.42 Å². The number of aromatic nitrogens is 2. The van der Waals surface area contributed by atoms with Crippen molar-refractivity contribution in [2.45, 2.75) is 6.54 Å². The molecule has 27 heavy (non-hydrogen) atoms. The fourth-order valence-corrected chi connectivity index (χ4v) is 3.16. The van der Waals surface area contributed by atoms with Gasteiger partial charge in [0.2, 0.25) is 11.8 Å². The van der Waals surface area contributed by atoms with Gasteiger partial charge in [-0.25, -0.2) is 0 Å². The second-order valence-electron chi connectivity index (χ2n) is 6.40. The van der Waals surface area contributed by atoms with Crippen LogP contribution < -0.4 is 4.90 Å². The molecule has 1 fully saturated rings. The SMILES string of the molecule is O=[N+]([O-])c1ccc(N2CCN(Cc3nnc(-c4ccccc4)o3)CC2)cc1. The number of hydrogen-bond donors (Lipinski definition) is 0. The molecule has 1 aliphatic rings. The molecule has 8 heteroatoms.